The van der Waals surface area contributed by atoms with Gasteiger partial charge in [0.1, 0.15) is 5.82 Å². The summed E-state index contributed by atoms with van der Waals surface area (Å²) in [6.07, 6.45) is 5.47. The van der Waals surface area contributed by atoms with Crippen LogP contribution < -0.4 is 0 Å². The molecule has 1 aliphatic rings. The third-order valence-corrected chi connectivity index (χ3v) is 7.13. The lowest BCUT2D eigenvalue weighted by Gasteiger charge is -2.31. The second-order valence-electron chi connectivity index (χ2n) is 9.40. The molecule has 0 saturated carbocycles. The van der Waals surface area contributed by atoms with Crippen LogP contribution in [0.3, 0.4) is 0 Å². The standard InChI is InChI=1S/C26H32N4OS/c1-19(2)24-27-15-21(16-28-24)17-30-11-10-26(18-30,25(31)29(3)4)14-20-7-5-8-22(13-20)23-9-6-12-32-23/h5-9,12-13,15-16,19H,10-11,14,17-18H2,1-4H3/t26-/m1/s1. The van der Waals surface area contributed by atoms with Crippen LogP contribution in [0, 0.1) is 5.41 Å². The summed E-state index contributed by atoms with van der Waals surface area (Å²) in [6, 6.07) is 12.9. The van der Waals surface area contributed by atoms with Crippen LogP contribution in [0.15, 0.2) is 54.2 Å². The number of hydrogen-bond acceptors (Lipinski definition) is 5. The maximum absolute atomic E-state index is 13.4. The molecule has 3 aromatic rings. The van der Waals surface area contributed by atoms with E-state index in [1.807, 2.05) is 26.5 Å². The molecular weight excluding hydrogens is 416 g/mol. The number of carbonyl (C=O) groups is 1. The monoisotopic (exact) mass is 448 g/mol. The summed E-state index contributed by atoms with van der Waals surface area (Å²) in [5.74, 6) is 1.41. The van der Waals surface area contributed by atoms with Crippen molar-refractivity contribution in [2.75, 3.05) is 27.2 Å². The van der Waals surface area contributed by atoms with Gasteiger partial charge in [-0.25, -0.2) is 9.97 Å². The molecule has 0 N–H and O–H groups in total. The van der Waals surface area contributed by atoms with Gasteiger partial charge in [-0.05, 0) is 42.0 Å². The number of carbonyl (C=O) groups excluding carboxylic acids is 1. The highest BCUT2D eigenvalue weighted by Crippen LogP contribution is 2.37. The van der Waals surface area contributed by atoms with Crippen molar-refractivity contribution in [3.8, 4) is 10.4 Å². The number of likely N-dealkylation sites (tertiary alicyclic amines) is 1. The van der Waals surface area contributed by atoms with Crippen LogP contribution in [-0.4, -0.2) is 52.9 Å². The van der Waals surface area contributed by atoms with Gasteiger partial charge in [-0.3, -0.25) is 9.69 Å². The molecule has 6 heteroatoms. The van der Waals surface area contributed by atoms with Gasteiger partial charge >= 0.3 is 0 Å². The Balaban J connectivity index is 1.53. The van der Waals surface area contributed by atoms with Gasteiger partial charge in [0.05, 0.1) is 5.41 Å². The zero-order chi connectivity index (χ0) is 22.7. The highest BCUT2D eigenvalue weighted by atomic mass is 32.1. The summed E-state index contributed by atoms with van der Waals surface area (Å²) in [6.45, 7) is 6.62. The van der Waals surface area contributed by atoms with E-state index in [9.17, 15) is 4.79 Å². The molecule has 5 nitrogen and oxygen atoms in total. The van der Waals surface area contributed by atoms with E-state index in [-0.39, 0.29) is 5.91 Å². The smallest absolute Gasteiger partial charge is 0.229 e. The molecule has 1 fully saturated rings. The fourth-order valence-electron chi connectivity index (χ4n) is 4.63. The van der Waals surface area contributed by atoms with E-state index in [2.05, 4.69) is 70.5 Å². The van der Waals surface area contributed by atoms with Gasteiger partial charge in [-0.1, -0.05) is 44.2 Å². The normalized spacial score (nSPS) is 18.9. The van der Waals surface area contributed by atoms with E-state index in [0.717, 1.165) is 43.9 Å². The van der Waals surface area contributed by atoms with Crippen LogP contribution in [0.2, 0.25) is 0 Å². The molecule has 0 aliphatic carbocycles. The SMILES string of the molecule is CC(C)c1ncc(CN2CC[C@](Cc3cccc(-c4cccs4)c3)(C(=O)N(C)C)C2)cn1. The molecule has 1 amide bonds. The predicted octanol–water partition coefficient (Wildman–Crippen LogP) is 4.85. The number of hydrogen-bond donors (Lipinski definition) is 0. The molecule has 1 aliphatic heterocycles. The Kier molecular flexibility index (Phi) is 6.72. The van der Waals surface area contributed by atoms with Crippen LogP contribution in [0.25, 0.3) is 10.4 Å². The Morgan fingerprint density at radius 1 is 1.16 bits per heavy atom. The van der Waals surface area contributed by atoms with Crippen LogP contribution >= 0.6 is 11.3 Å². The molecule has 4 rings (SSSR count). The van der Waals surface area contributed by atoms with E-state index in [0.29, 0.717) is 5.92 Å². The van der Waals surface area contributed by atoms with E-state index in [1.54, 1.807) is 16.2 Å². The van der Waals surface area contributed by atoms with Crippen molar-refractivity contribution in [2.24, 2.45) is 5.41 Å². The van der Waals surface area contributed by atoms with E-state index in [4.69, 9.17) is 0 Å². The molecule has 1 aromatic carbocycles. The summed E-state index contributed by atoms with van der Waals surface area (Å²) in [4.78, 5) is 27.8. The first-order valence-corrected chi connectivity index (χ1v) is 12.1. The number of aromatic nitrogens is 2. The van der Waals surface area contributed by atoms with Gasteiger partial charge in [0.25, 0.3) is 0 Å². The Hall–Kier alpha value is -2.57. The Morgan fingerprint density at radius 3 is 2.59 bits per heavy atom. The second-order valence-corrected chi connectivity index (χ2v) is 10.3. The Morgan fingerprint density at radius 2 is 1.94 bits per heavy atom. The van der Waals surface area contributed by atoms with E-state index >= 15 is 0 Å². The quantitative estimate of drug-likeness (QED) is 0.518. The molecule has 0 spiro atoms. The molecule has 2 aromatic heterocycles. The molecule has 0 bridgehead atoms. The minimum absolute atomic E-state index is 0.216. The number of thiophene rings is 1. The summed E-state index contributed by atoms with van der Waals surface area (Å²) in [5, 5.41) is 2.10. The van der Waals surface area contributed by atoms with Crippen molar-refractivity contribution in [3.63, 3.8) is 0 Å². The summed E-state index contributed by atoms with van der Waals surface area (Å²) < 4.78 is 0. The lowest BCUT2D eigenvalue weighted by Crippen LogP contribution is -2.43. The Labute approximate surface area is 195 Å². The summed E-state index contributed by atoms with van der Waals surface area (Å²) in [7, 11) is 3.74. The van der Waals surface area contributed by atoms with Crippen molar-refractivity contribution < 1.29 is 4.79 Å². The van der Waals surface area contributed by atoms with Crippen LogP contribution in [0.5, 0.6) is 0 Å². The van der Waals surface area contributed by atoms with Crippen molar-refractivity contribution in [3.05, 3.63) is 71.1 Å². The average molecular weight is 449 g/mol. The number of nitrogens with zero attached hydrogens (tertiary/aromatic N) is 4. The fourth-order valence-corrected chi connectivity index (χ4v) is 5.36. The highest BCUT2D eigenvalue weighted by Gasteiger charge is 2.45. The maximum Gasteiger partial charge on any atom is 0.229 e. The molecule has 1 saturated heterocycles. The van der Waals surface area contributed by atoms with Gasteiger partial charge < -0.3 is 4.90 Å². The Bertz CT molecular complexity index is 1050. The van der Waals surface area contributed by atoms with Crippen molar-refractivity contribution in [2.45, 2.75) is 39.2 Å². The molecule has 0 radical (unpaired) electrons. The van der Waals surface area contributed by atoms with E-state index in [1.165, 1.54) is 16.0 Å². The topological polar surface area (TPSA) is 49.3 Å². The zero-order valence-electron chi connectivity index (χ0n) is 19.4. The van der Waals surface area contributed by atoms with Gasteiger partial charge in [-0.2, -0.15) is 0 Å². The third kappa shape index (κ3) is 4.92. The minimum Gasteiger partial charge on any atom is -0.348 e. The first-order chi connectivity index (χ1) is 15.4. The fraction of sp³-hybridized carbons (Fsp3) is 0.423. The summed E-state index contributed by atoms with van der Waals surface area (Å²) in [5.41, 5.74) is 3.14. The molecule has 0 unspecified atom stereocenters. The predicted molar refractivity (Wildman–Crippen MR) is 131 cm³/mol. The largest absolute Gasteiger partial charge is 0.348 e. The molecule has 32 heavy (non-hydrogen) atoms. The van der Waals surface area contributed by atoms with Gasteiger partial charge in [0, 0.05) is 55.9 Å². The third-order valence-electron chi connectivity index (χ3n) is 6.22. The van der Waals surface area contributed by atoms with Crippen molar-refractivity contribution >= 4 is 17.2 Å². The number of amides is 1. The van der Waals surface area contributed by atoms with Crippen molar-refractivity contribution in [1.29, 1.82) is 0 Å². The highest BCUT2D eigenvalue weighted by molar-refractivity contribution is 7.13. The lowest BCUT2D eigenvalue weighted by molar-refractivity contribution is -0.138. The molecule has 3 heterocycles. The summed E-state index contributed by atoms with van der Waals surface area (Å²) >= 11 is 1.75. The lowest BCUT2D eigenvalue weighted by atomic mass is 9.79. The molecule has 1 atom stereocenters. The van der Waals surface area contributed by atoms with Crippen LogP contribution in [0.1, 0.15) is 43.1 Å². The average Bonchev–Trinajstić information content (AvgIpc) is 3.45. The molecular formula is C26H32N4OS. The first kappa shape index (κ1) is 22.6. The van der Waals surface area contributed by atoms with Gasteiger partial charge in [-0.15, -0.1) is 11.3 Å². The minimum atomic E-state index is -0.406. The second kappa shape index (κ2) is 9.51. The number of benzene rings is 1. The van der Waals surface area contributed by atoms with Crippen molar-refractivity contribution in [1.82, 2.24) is 19.8 Å². The van der Waals surface area contributed by atoms with Crippen LogP contribution in [0.4, 0.5) is 0 Å². The van der Waals surface area contributed by atoms with Gasteiger partial charge in [0.15, 0.2) is 0 Å². The number of rotatable bonds is 7. The maximum atomic E-state index is 13.4. The van der Waals surface area contributed by atoms with Crippen LogP contribution in [-0.2, 0) is 17.8 Å². The first-order valence-electron chi connectivity index (χ1n) is 11.2. The van der Waals surface area contributed by atoms with Gasteiger partial charge in [0.2, 0.25) is 5.91 Å². The molecule has 168 valence electrons. The zero-order valence-corrected chi connectivity index (χ0v) is 20.2. The van der Waals surface area contributed by atoms with E-state index < -0.39 is 5.41 Å².